The summed E-state index contributed by atoms with van der Waals surface area (Å²) in [5.41, 5.74) is 1.93. The van der Waals surface area contributed by atoms with Crippen LogP contribution in [0.5, 0.6) is 0 Å². The molecule has 4 rings (SSSR count). The fourth-order valence-electron chi connectivity index (χ4n) is 2.52. The van der Waals surface area contributed by atoms with Gasteiger partial charge in [-0.05, 0) is 34.7 Å². The van der Waals surface area contributed by atoms with Crippen LogP contribution in [0.25, 0.3) is 21.8 Å². The topological polar surface area (TPSA) is 134 Å². The van der Waals surface area contributed by atoms with Crippen LogP contribution in [0.3, 0.4) is 0 Å². The largest absolute Gasteiger partial charge is 0.464 e. The summed E-state index contributed by atoms with van der Waals surface area (Å²) in [6.07, 6.45) is 3.37. The van der Waals surface area contributed by atoms with Crippen molar-refractivity contribution in [2.24, 2.45) is 0 Å². The van der Waals surface area contributed by atoms with Gasteiger partial charge in [0.25, 0.3) is 0 Å². The number of ether oxygens (including phenoxy) is 1. The Morgan fingerprint density at radius 1 is 1.04 bits per heavy atom. The van der Waals surface area contributed by atoms with Gasteiger partial charge in [-0.2, -0.15) is 10.2 Å². The molecule has 0 aliphatic rings. The quantitative estimate of drug-likeness (QED) is 0.260. The van der Waals surface area contributed by atoms with Gasteiger partial charge in [0.2, 0.25) is 0 Å². The third-order valence-corrected chi connectivity index (χ3v) is 4.53. The Balaban J connectivity index is 0.000000159. The molecule has 0 atom stereocenters. The smallest absolute Gasteiger partial charge is 0.359 e. The van der Waals surface area contributed by atoms with E-state index in [1.807, 2.05) is 13.1 Å². The van der Waals surface area contributed by atoms with Crippen LogP contribution in [-0.4, -0.2) is 57.5 Å². The standard InChI is InChI=1S/C9H10N4O2.C7H7IN4/c1-10-8-6-5(3-4-11-8)12-13-7(6)9(14)15-2;1-9-7-5-4(2-3-10-7)11-12-6(5)8/h3-4H,1-2H3,(H,10,11)(H,12,13);2-3H,1H3,(H,9,10)(H,11,12). The van der Waals surface area contributed by atoms with Crippen LogP contribution in [0.15, 0.2) is 24.5 Å². The molecule has 0 aliphatic heterocycles. The minimum absolute atomic E-state index is 0.241. The van der Waals surface area contributed by atoms with Gasteiger partial charge < -0.3 is 15.4 Å². The van der Waals surface area contributed by atoms with Crippen molar-refractivity contribution >= 4 is 62.0 Å². The van der Waals surface area contributed by atoms with Crippen molar-refractivity contribution in [1.82, 2.24) is 30.4 Å². The summed E-state index contributed by atoms with van der Waals surface area (Å²) in [4.78, 5) is 19.7. The van der Waals surface area contributed by atoms with Crippen LogP contribution in [0, 0.1) is 3.70 Å². The van der Waals surface area contributed by atoms with E-state index in [-0.39, 0.29) is 5.69 Å². The van der Waals surface area contributed by atoms with E-state index < -0.39 is 5.97 Å². The van der Waals surface area contributed by atoms with Gasteiger partial charge in [-0.3, -0.25) is 10.2 Å². The summed E-state index contributed by atoms with van der Waals surface area (Å²) < 4.78 is 5.64. The number of hydrogen-bond donors (Lipinski definition) is 4. The summed E-state index contributed by atoms with van der Waals surface area (Å²) in [6, 6.07) is 3.63. The molecule has 0 bridgehead atoms. The van der Waals surface area contributed by atoms with Gasteiger partial charge in [0.15, 0.2) is 5.69 Å². The molecule has 0 fully saturated rings. The summed E-state index contributed by atoms with van der Waals surface area (Å²) >= 11 is 2.20. The third kappa shape index (κ3) is 3.63. The molecule has 0 unspecified atom stereocenters. The zero-order chi connectivity index (χ0) is 19.4. The van der Waals surface area contributed by atoms with E-state index in [4.69, 9.17) is 0 Å². The first-order valence-corrected chi connectivity index (χ1v) is 8.94. The average Bonchev–Trinajstić information content (AvgIpc) is 3.31. The summed E-state index contributed by atoms with van der Waals surface area (Å²) in [5, 5.41) is 21.3. The van der Waals surface area contributed by atoms with Crippen LogP contribution in [0.4, 0.5) is 11.6 Å². The molecule has 10 nitrogen and oxygen atoms in total. The molecule has 0 amide bonds. The van der Waals surface area contributed by atoms with Gasteiger partial charge in [-0.25, -0.2) is 14.8 Å². The number of hydrogen-bond acceptors (Lipinski definition) is 8. The monoisotopic (exact) mass is 480 g/mol. The number of halogens is 1. The van der Waals surface area contributed by atoms with Crippen LogP contribution in [-0.2, 0) is 4.74 Å². The highest BCUT2D eigenvalue weighted by molar-refractivity contribution is 14.1. The molecular formula is C16H17IN8O2. The number of fused-ring (bicyclic) bond motifs is 2. The van der Waals surface area contributed by atoms with Gasteiger partial charge >= 0.3 is 5.97 Å². The Hall–Kier alpha value is -2.96. The molecule has 4 aromatic rings. The number of methoxy groups -OCH3 is 1. The Labute approximate surface area is 167 Å². The number of aromatic nitrogens is 6. The number of nitrogens with zero attached hydrogens (tertiary/aromatic N) is 4. The summed E-state index contributed by atoms with van der Waals surface area (Å²) in [7, 11) is 4.90. The second-order valence-electron chi connectivity index (χ2n) is 5.24. The Kier molecular flexibility index (Phi) is 5.69. The number of carbonyl (C=O) groups is 1. The Bertz CT molecular complexity index is 1090. The fraction of sp³-hybridized carbons (Fsp3) is 0.188. The number of anilines is 2. The van der Waals surface area contributed by atoms with E-state index in [1.165, 1.54) is 7.11 Å². The van der Waals surface area contributed by atoms with Crippen molar-refractivity contribution in [3.63, 3.8) is 0 Å². The number of esters is 1. The Morgan fingerprint density at radius 3 is 2.37 bits per heavy atom. The molecule has 140 valence electrons. The molecule has 0 aromatic carbocycles. The number of aromatic amines is 2. The molecule has 0 aliphatic carbocycles. The Morgan fingerprint density at radius 2 is 1.70 bits per heavy atom. The maximum absolute atomic E-state index is 11.4. The first-order chi connectivity index (χ1) is 13.1. The normalized spacial score (nSPS) is 10.4. The zero-order valence-corrected chi connectivity index (χ0v) is 17.0. The molecule has 11 heteroatoms. The highest BCUT2D eigenvalue weighted by Gasteiger charge is 2.17. The van der Waals surface area contributed by atoms with Crippen LogP contribution < -0.4 is 10.6 Å². The third-order valence-electron chi connectivity index (χ3n) is 3.75. The second kappa shape index (κ2) is 8.16. The van der Waals surface area contributed by atoms with E-state index >= 15 is 0 Å². The lowest BCUT2D eigenvalue weighted by atomic mass is 10.2. The lowest BCUT2D eigenvalue weighted by molar-refractivity contribution is 0.0596. The van der Waals surface area contributed by atoms with Crippen molar-refractivity contribution in [1.29, 1.82) is 0 Å². The molecule has 27 heavy (non-hydrogen) atoms. The molecule has 4 N–H and O–H groups in total. The molecule has 0 saturated heterocycles. The van der Waals surface area contributed by atoms with Crippen LogP contribution in [0.1, 0.15) is 10.5 Å². The maximum atomic E-state index is 11.4. The van der Waals surface area contributed by atoms with Crippen molar-refractivity contribution in [2.45, 2.75) is 0 Å². The molecule has 0 radical (unpaired) electrons. The molecule has 4 aromatic heterocycles. The minimum atomic E-state index is -0.481. The molecule has 0 spiro atoms. The van der Waals surface area contributed by atoms with Crippen molar-refractivity contribution in [2.75, 3.05) is 31.8 Å². The lowest BCUT2D eigenvalue weighted by Gasteiger charge is -2.01. The number of H-pyrrole nitrogens is 2. The van der Waals surface area contributed by atoms with Gasteiger partial charge in [0.1, 0.15) is 15.3 Å². The van der Waals surface area contributed by atoms with E-state index in [2.05, 4.69) is 68.3 Å². The fourth-order valence-corrected chi connectivity index (χ4v) is 3.17. The molecular weight excluding hydrogens is 463 g/mol. The van der Waals surface area contributed by atoms with Crippen molar-refractivity contribution in [3.8, 4) is 0 Å². The summed E-state index contributed by atoms with van der Waals surface area (Å²) in [5.74, 6) is 0.984. The van der Waals surface area contributed by atoms with Gasteiger partial charge in [0, 0.05) is 26.5 Å². The predicted octanol–water partition coefficient (Wildman–Crippen LogP) is 2.39. The first-order valence-electron chi connectivity index (χ1n) is 7.86. The minimum Gasteiger partial charge on any atom is -0.464 e. The SMILES string of the molecule is CNc1nccc2[nH]nc(C(=O)OC)c12.CNc1nccc2n[nH]c(I)c12. The number of nitrogens with one attached hydrogen (secondary N) is 4. The van der Waals surface area contributed by atoms with E-state index in [1.54, 1.807) is 25.5 Å². The number of pyridine rings is 2. The van der Waals surface area contributed by atoms with Crippen molar-refractivity contribution < 1.29 is 9.53 Å². The van der Waals surface area contributed by atoms with Gasteiger partial charge in [0.05, 0.1) is 28.9 Å². The van der Waals surface area contributed by atoms with Crippen LogP contribution >= 0.6 is 22.6 Å². The molecule has 4 heterocycles. The second-order valence-corrected chi connectivity index (χ2v) is 6.32. The summed E-state index contributed by atoms with van der Waals surface area (Å²) in [6.45, 7) is 0. The zero-order valence-electron chi connectivity index (χ0n) is 14.8. The average molecular weight is 480 g/mol. The maximum Gasteiger partial charge on any atom is 0.359 e. The van der Waals surface area contributed by atoms with Gasteiger partial charge in [-0.1, -0.05) is 0 Å². The number of rotatable bonds is 3. The highest BCUT2D eigenvalue weighted by atomic mass is 127. The van der Waals surface area contributed by atoms with Crippen LogP contribution in [0.2, 0.25) is 0 Å². The first kappa shape index (κ1) is 18.8. The molecule has 0 saturated carbocycles. The van der Waals surface area contributed by atoms with E-state index in [9.17, 15) is 4.79 Å². The van der Waals surface area contributed by atoms with Gasteiger partial charge in [-0.15, -0.1) is 0 Å². The van der Waals surface area contributed by atoms with E-state index in [0.717, 1.165) is 25.9 Å². The highest BCUT2D eigenvalue weighted by Crippen LogP contribution is 2.23. The number of carbonyl (C=O) groups excluding carboxylic acids is 1. The van der Waals surface area contributed by atoms with E-state index in [0.29, 0.717) is 11.2 Å². The van der Waals surface area contributed by atoms with Crippen molar-refractivity contribution in [3.05, 3.63) is 33.9 Å². The lowest BCUT2D eigenvalue weighted by Crippen LogP contribution is -2.03. The predicted molar refractivity (Wildman–Crippen MR) is 111 cm³/mol.